The number of rotatable bonds is 40. The molecule has 0 amide bonds. The summed E-state index contributed by atoms with van der Waals surface area (Å²) >= 11 is 0. The third-order valence-corrected chi connectivity index (χ3v) is 9.38. The van der Waals surface area contributed by atoms with Crippen molar-refractivity contribution in [1.82, 2.24) is 0 Å². The average Bonchev–Trinajstić information content (AvgIpc) is 3.14. The molecule has 0 fully saturated rings. The standard InChI is InChI=1S/C47H84O4/c1-3-5-7-9-11-13-15-17-19-21-22-23-24-25-26-27-28-30-32-34-36-38-40-42-47(49)51-46(44-48)45-50-43-41-39-37-35-33-31-29-20-18-16-14-12-10-8-6-4-2/h6,8,12,14,18,20,31,33,37,39,46,48H,3-5,7,9-11,13,15-17,19,21-30,32,34-36,38,40-45H2,1-2H3/b8-6-,14-12-,20-18-,33-31-,39-37-. The van der Waals surface area contributed by atoms with E-state index in [1.54, 1.807) is 0 Å². The van der Waals surface area contributed by atoms with Crippen LogP contribution in [0, 0.1) is 0 Å². The van der Waals surface area contributed by atoms with Crippen LogP contribution in [0.4, 0.5) is 0 Å². The van der Waals surface area contributed by atoms with Crippen molar-refractivity contribution in [3.63, 3.8) is 0 Å². The fourth-order valence-electron chi connectivity index (χ4n) is 6.16. The fourth-order valence-corrected chi connectivity index (χ4v) is 6.16. The average molecular weight is 713 g/mol. The Kier molecular flexibility index (Phi) is 42.6. The molecular formula is C47H84O4. The second-order valence-electron chi connectivity index (χ2n) is 14.4. The number of carbonyl (C=O) groups is 1. The molecule has 296 valence electrons. The van der Waals surface area contributed by atoms with Gasteiger partial charge in [-0.15, -0.1) is 0 Å². The first-order valence-electron chi connectivity index (χ1n) is 21.9. The van der Waals surface area contributed by atoms with Crippen LogP contribution in [-0.4, -0.2) is 37.0 Å². The highest BCUT2D eigenvalue weighted by atomic mass is 16.6. The maximum atomic E-state index is 12.2. The molecule has 1 unspecified atom stereocenters. The number of hydrogen-bond acceptors (Lipinski definition) is 4. The Hall–Kier alpha value is -1.91. The lowest BCUT2D eigenvalue weighted by Crippen LogP contribution is -2.27. The zero-order valence-corrected chi connectivity index (χ0v) is 33.9. The second kappa shape index (κ2) is 44.3. The first kappa shape index (κ1) is 49.1. The molecule has 4 nitrogen and oxygen atoms in total. The van der Waals surface area contributed by atoms with Gasteiger partial charge in [0, 0.05) is 6.42 Å². The van der Waals surface area contributed by atoms with Crippen LogP contribution >= 0.6 is 0 Å². The van der Waals surface area contributed by atoms with E-state index in [0.717, 1.165) is 51.4 Å². The van der Waals surface area contributed by atoms with E-state index in [1.807, 2.05) is 0 Å². The molecule has 0 aliphatic heterocycles. The lowest BCUT2D eigenvalue weighted by atomic mass is 10.0. The molecule has 0 aromatic rings. The number of allylic oxidation sites excluding steroid dienone is 9. The summed E-state index contributed by atoms with van der Waals surface area (Å²) in [6.45, 7) is 5.04. The van der Waals surface area contributed by atoms with Gasteiger partial charge in [0.05, 0.1) is 19.8 Å². The van der Waals surface area contributed by atoms with Gasteiger partial charge in [-0.2, -0.15) is 0 Å². The van der Waals surface area contributed by atoms with Crippen molar-refractivity contribution in [3.05, 3.63) is 60.8 Å². The van der Waals surface area contributed by atoms with Gasteiger partial charge < -0.3 is 14.6 Å². The van der Waals surface area contributed by atoms with Gasteiger partial charge in [-0.05, 0) is 44.9 Å². The van der Waals surface area contributed by atoms with Gasteiger partial charge in [-0.1, -0.05) is 216 Å². The molecule has 0 rings (SSSR count). The van der Waals surface area contributed by atoms with Crippen molar-refractivity contribution < 1.29 is 19.4 Å². The lowest BCUT2D eigenvalue weighted by molar-refractivity contribution is -0.154. The van der Waals surface area contributed by atoms with Crippen LogP contribution in [0.2, 0.25) is 0 Å². The second-order valence-corrected chi connectivity index (χ2v) is 14.4. The zero-order valence-electron chi connectivity index (χ0n) is 33.9. The minimum Gasteiger partial charge on any atom is -0.457 e. The van der Waals surface area contributed by atoms with Crippen LogP contribution in [0.3, 0.4) is 0 Å². The molecule has 0 heterocycles. The number of carbonyl (C=O) groups excluding carboxylic acids is 1. The summed E-state index contributed by atoms with van der Waals surface area (Å²) in [4.78, 5) is 12.2. The minimum atomic E-state index is -0.574. The van der Waals surface area contributed by atoms with Crippen LogP contribution in [-0.2, 0) is 14.3 Å². The summed E-state index contributed by atoms with van der Waals surface area (Å²) in [5.41, 5.74) is 0. The number of unbranched alkanes of at least 4 members (excludes halogenated alkanes) is 22. The molecule has 0 saturated heterocycles. The minimum absolute atomic E-state index is 0.202. The van der Waals surface area contributed by atoms with E-state index in [-0.39, 0.29) is 19.2 Å². The number of esters is 1. The Morgan fingerprint density at radius 3 is 1.22 bits per heavy atom. The summed E-state index contributed by atoms with van der Waals surface area (Å²) < 4.78 is 11.1. The quantitative estimate of drug-likeness (QED) is 0.0390. The van der Waals surface area contributed by atoms with Gasteiger partial charge >= 0.3 is 5.97 Å². The Bertz CT molecular complexity index is 839. The van der Waals surface area contributed by atoms with Gasteiger partial charge in [0.15, 0.2) is 0 Å². The molecule has 1 N–H and O–H groups in total. The Morgan fingerprint density at radius 2 is 0.843 bits per heavy atom. The molecule has 0 aromatic heterocycles. The SMILES string of the molecule is CC/C=C\C/C=C\C/C=C\C/C=C\C/C=C\CCOCC(CO)OC(=O)CCCCCCCCCCCCCCCCCCCCCCCCC. The first-order chi connectivity index (χ1) is 25.2. The molecule has 0 bridgehead atoms. The van der Waals surface area contributed by atoms with E-state index in [1.165, 1.54) is 135 Å². The topological polar surface area (TPSA) is 55.8 Å². The number of hydrogen-bond donors (Lipinski definition) is 1. The molecule has 0 saturated carbocycles. The highest BCUT2D eigenvalue weighted by molar-refractivity contribution is 5.69. The van der Waals surface area contributed by atoms with Crippen molar-refractivity contribution in [2.75, 3.05) is 19.8 Å². The molecular weight excluding hydrogens is 629 g/mol. The highest BCUT2D eigenvalue weighted by Gasteiger charge is 2.13. The predicted octanol–water partition coefficient (Wildman–Crippen LogP) is 14.4. The molecule has 51 heavy (non-hydrogen) atoms. The number of aliphatic hydroxyl groups excluding tert-OH is 1. The largest absolute Gasteiger partial charge is 0.457 e. The maximum Gasteiger partial charge on any atom is 0.306 e. The smallest absolute Gasteiger partial charge is 0.306 e. The molecule has 0 aliphatic rings. The molecule has 4 heteroatoms. The number of aliphatic hydroxyl groups is 1. The van der Waals surface area contributed by atoms with Crippen molar-refractivity contribution in [1.29, 1.82) is 0 Å². The lowest BCUT2D eigenvalue weighted by Gasteiger charge is -2.15. The van der Waals surface area contributed by atoms with Crippen molar-refractivity contribution in [2.45, 2.75) is 213 Å². The van der Waals surface area contributed by atoms with Crippen LogP contribution in [0.5, 0.6) is 0 Å². The molecule has 0 aromatic carbocycles. The Morgan fingerprint density at radius 1 is 0.490 bits per heavy atom. The van der Waals surface area contributed by atoms with E-state index in [0.29, 0.717) is 13.0 Å². The summed E-state index contributed by atoms with van der Waals surface area (Å²) in [6, 6.07) is 0. The predicted molar refractivity (Wildman–Crippen MR) is 223 cm³/mol. The zero-order chi connectivity index (χ0) is 37.0. The van der Waals surface area contributed by atoms with Gasteiger partial charge in [-0.3, -0.25) is 4.79 Å². The third kappa shape index (κ3) is 42.4. The Balaban J connectivity index is 3.47. The van der Waals surface area contributed by atoms with Crippen molar-refractivity contribution in [2.24, 2.45) is 0 Å². The molecule has 0 radical (unpaired) electrons. The summed E-state index contributed by atoms with van der Waals surface area (Å²) in [5, 5.41) is 9.59. The van der Waals surface area contributed by atoms with Gasteiger partial charge in [0.2, 0.25) is 0 Å². The van der Waals surface area contributed by atoms with E-state index >= 15 is 0 Å². The van der Waals surface area contributed by atoms with Gasteiger partial charge in [-0.25, -0.2) is 0 Å². The summed E-state index contributed by atoms with van der Waals surface area (Å²) in [6.07, 6.45) is 58.8. The first-order valence-corrected chi connectivity index (χ1v) is 21.9. The van der Waals surface area contributed by atoms with E-state index in [2.05, 4.69) is 74.6 Å². The molecule has 0 aliphatic carbocycles. The van der Waals surface area contributed by atoms with Crippen LogP contribution in [0.15, 0.2) is 60.8 Å². The summed E-state index contributed by atoms with van der Waals surface area (Å²) in [7, 11) is 0. The molecule has 1 atom stereocenters. The van der Waals surface area contributed by atoms with E-state index < -0.39 is 6.10 Å². The van der Waals surface area contributed by atoms with Crippen LogP contribution in [0.1, 0.15) is 206 Å². The van der Waals surface area contributed by atoms with Gasteiger partial charge in [0.1, 0.15) is 6.10 Å². The van der Waals surface area contributed by atoms with Crippen molar-refractivity contribution in [3.8, 4) is 0 Å². The van der Waals surface area contributed by atoms with Crippen LogP contribution in [0.25, 0.3) is 0 Å². The molecule has 0 spiro atoms. The summed E-state index contributed by atoms with van der Waals surface area (Å²) in [5.74, 6) is -0.223. The van der Waals surface area contributed by atoms with E-state index in [9.17, 15) is 9.90 Å². The van der Waals surface area contributed by atoms with Crippen molar-refractivity contribution >= 4 is 5.97 Å². The monoisotopic (exact) mass is 713 g/mol. The normalized spacial score (nSPS) is 12.9. The van der Waals surface area contributed by atoms with Gasteiger partial charge in [0.25, 0.3) is 0 Å². The third-order valence-electron chi connectivity index (χ3n) is 9.38. The highest BCUT2D eigenvalue weighted by Crippen LogP contribution is 2.16. The Labute approximate surface area is 317 Å². The fraction of sp³-hybridized carbons (Fsp3) is 0.766. The maximum absolute atomic E-state index is 12.2. The van der Waals surface area contributed by atoms with Crippen LogP contribution < -0.4 is 0 Å². The number of ether oxygens (including phenoxy) is 2. The van der Waals surface area contributed by atoms with E-state index in [4.69, 9.17) is 9.47 Å².